The summed E-state index contributed by atoms with van der Waals surface area (Å²) in [6.45, 7) is 2.24. The number of halogens is 3. The van der Waals surface area contributed by atoms with Gasteiger partial charge in [-0.1, -0.05) is 0 Å². The number of carbonyl (C=O) groups is 1. The number of hydrogen-bond donors (Lipinski definition) is 3. The van der Waals surface area contributed by atoms with Crippen molar-refractivity contribution in [2.24, 2.45) is 0 Å². The first-order valence-corrected chi connectivity index (χ1v) is 13.3. The van der Waals surface area contributed by atoms with Gasteiger partial charge in [-0.15, -0.1) is 0 Å². The highest BCUT2D eigenvalue weighted by molar-refractivity contribution is 8.24. The molecule has 3 aromatic rings. The Morgan fingerprint density at radius 3 is 2.39 bits per heavy atom. The molecule has 36 heavy (non-hydrogen) atoms. The molecule has 0 atom stereocenters. The zero-order valence-electron chi connectivity index (χ0n) is 20.0. The van der Waals surface area contributed by atoms with Gasteiger partial charge < -0.3 is 10.1 Å². The molecule has 1 amide bonds. The Morgan fingerprint density at radius 1 is 1.11 bits per heavy atom. The number of alkyl halides is 2. The van der Waals surface area contributed by atoms with Gasteiger partial charge in [0.05, 0.1) is 16.7 Å². The van der Waals surface area contributed by atoms with Crippen LogP contribution in [-0.4, -0.2) is 47.8 Å². The summed E-state index contributed by atoms with van der Waals surface area (Å²) in [7, 11) is -2.61. The topological polar surface area (TPSA) is 106 Å². The minimum Gasteiger partial charge on any atom is -0.435 e. The molecule has 0 aliphatic carbocycles. The smallest absolute Gasteiger partial charge is 0.387 e. The third kappa shape index (κ3) is 5.11. The maximum Gasteiger partial charge on any atom is 0.387 e. The molecule has 3 N–H and O–H groups in total. The summed E-state index contributed by atoms with van der Waals surface area (Å²) in [5, 5.41) is 2.96. The Balaban J connectivity index is 1.76. The number of ether oxygens (including phenoxy) is 1. The van der Waals surface area contributed by atoms with Gasteiger partial charge in [-0.3, -0.25) is 23.0 Å². The molecule has 0 unspecified atom stereocenters. The molecule has 2 aromatic carbocycles. The van der Waals surface area contributed by atoms with Crippen LogP contribution in [-0.2, 0) is 0 Å². The fourth-order valence-electron chi connectivity index (χ4n) is 4.41. The summed E-state index contributed by atoms with van der Waals surface area (Å²) in [5.41, 5.74) is -0.556. The summed E-state index contributed by atoms with van der Waals surface area (Å²) >= 11 is 0. The van der Waals surface area contributed by atoms with Gasteiger partial charge in [-0.25, -0.2) is 9.18 Å². The highest BCUT2D eigenvalue weighted by atomic mass is 32.3. The minimum atomic E-state index is -3.11. The lowest BCUT2D eigenvalue weighted by molar-refractivity contribution is -0.0498. The molecule has 0 bridgehead atoms. The lowest BCUT2D eigenvalue weighted by Gasteiger charge is -2.44. The molecule has 1 saturated heterocycles. The van der Waals surface area contributed by atoms with E-state index in [1.54, 1.807) is 13.8 Å². The molecule has 4 rings (SSSR count). The van der Waals surface area contributed by atoms with Gasteiger partial charge in [0.25, 0.3) is 5.91 Å². The van der Waals surface area contributed by atoms with E-state index < -0.39 is 40.2 Å². The van der Waals surface area contributed by atoms with Gasteiger partial charge in [0.1, 0.15) is 11.6 Å². The fraction of sp³-hybridized carbons (Fsp3) is 0.417. The minimum absolute atomic E-state index is 0.207. The summed E-state index contributed by atoms with van der Waals surface area (Å²) in [6, 6.07) is 7.19. The van der Waals surface area contributed by atoms with E-state index in [0.29, 0.717) is 18.4 Å². The first-order chi connectivity index (χ1) is 16.8. The van der Waals surface area contributed by atoms with Crippen LogP contribution in [0.15, 0.2) is 41.2 Å². The second-order valence-electron chi connectivity index (χ2n) is 9.50. The van der Waals surface area contributed by atoms with E-state index in [9.17, 15) is 31.9 Å². The van der Waals surface area contributed by atoms with Crippen molar-refractivity contribution in [3.8, 4) is 11.4 Å². The van der Waals surface area contributed by atoms with Crippen LogP contribution < -0.4 is 15.7 Å². The lowest BCUT2D eigenvalue weighted by atomic mass is 9.94. The number of fused-ring (bicyclic) bond motifs is 1. The zero-order valence-corrected chi connectivity index (χ0v) is 20.8. The first kappa shape index (κ1) is 26.1. The normalized spacial score (nSPS) is 17.9. The molecular weight excluding hydrogens is 499 g/mol. The van der Waals surface area contributed by atoms with Crippen molar-refractivity contribution in [3.05, 3.63) is 58.3 Å². The van der Waals surface area contributed by atoms with Crippen LogP contribution in [0.5, 0.6) is 5.75 Å². The molecule has 0 radical (unpaired) electrons. The molecule has 0 spiro atoms. The molecule has 1 aromatic heterocycles. The molecule has 0 saturated carbocycles. The third-order valence-corrected chi connectivity index (χ3v) is 8.13. The maximum atomic E-state index is 14.8. The number of imidazole rings is 1. The summed E-state index contributed by atoms with van der Waals surface area (Å²) in [4.78, 5) is 26.4. The van der Waals surface area contributed by atoms with Crippen molar-refractivity contribution >= 4 is 27.5 Å². The quantitative estimate of drug-likeness (QED) is 0.411. The molecule has 12 heteroatoms. The number of carbonyl (C=O) groups excluding carboxylic acids is 1. The Kier molecular flexibility index (Phi) is 6.88. The van der Waals surface area contributed by atoms with Crippen LogP contribution in [0.3, 0.4) is 0 Å². The van der Waals surface area contributed by atoms with Crippen LogP contribution in [0.25, 0.3) is 16.7 Å². The van der Waals surface area contributed by atoms with Gasteiger partial charge in [0, 0.05) is 34.7 Å². The van der Waals surface area contributed by atoms with E-state index in [2.05, 4.69) is 10.1 Å². The number of nitrogens with zero attached hydrogens (tertiary/aromatic N) is 2. The summed E-state index contributed by atoms with van der Waals surface area (Å²) in [5.74, 6) is -1.09. The molecule has 8 nitrogen and oxygen atoms in total. The molecule has 1 aliphatic heterocycles. The standard InChI is InChI=1S/C24H28F3N3O5S/c1-14(2)29-20-12-15(21(31)28-24(3)8-10-36(33,34)11-9-24)4-7-18(20)30(23(29)32)19-13-16(35-22(26)27)5-6-17(19)25/h4-7,12-14,22,33-34H,8-11H2,1-3H3,(H,28,31). The molecule has 1 fully saturated rings. The first-order valence-electron chi connectivity index (χ1n) is 11.4. The molecule has 1 aliphatic rings. The van der Waals surface area contributed by atoms with E-state index in [1.165, 1.54) is 22.8 Å². The van der Waals surface area contributed by atoms with E-state index in [0.717, 1.165) is 22.8 Å². The van der Waals surface area contributed by atoms with Crippen molar-refractivity contribution < 1.29 is 31.8 Å². The third-order valence-electron chi connectivity index (χ3n) is 6.41. The fourth-order valence-corrected chi connectivity index (χ4v) is 6.17. The number of hydrogen-bond acceptors (Lipinski definition) is 5. The Hall–Kier alpha value is -2.96. The second-order valence-corrected chi connectivity index (χ2v) is 11.9. The average molecular weight is 528 g/mol. The summed E-state index contributed by atoms with van der Waals surface area (Å²) < 4.78 is 66.8. The number of aromatic nitrogens is 2. The van der Waals surface area contributed by atoms with Crippen LogP contribution in [0.1, 0.15) is 50.0 Å². The monoisotopic (exact) mass is 527 g/mol. The number of amides is 1. The van der Waals surface area contributed by atoms with Crippen LogP contribution >= 0.6 is 10.6 Å². The van der Waals surface area contributed by atoms with Crippen molar-refractivity contribution in [1.29, 1.82) is 0 Å². The van der Waals surface area contributed by atoms with Crippen molar-refractivity contribution in [1.82, 2.24) is 14.5 Å². The van der Waals surface area contributed by atoms with Gasteiger partial charge in [-0.05, 0) is 63.9 Å². The number of rotatable bonds is 6. The molecule has 196 valence electrons. The molecular formula is C24H28F3N3O5S. The average Bonchev–Trinajstić information content (AvgIpc) is 3.08. The van der Waals surface area contributed by atoms with E-state index >= 15 is 0 Å². The van der Waals surface area contributed by atoms with Gasteiger partial charge in [-0.2, -0.15) is 19.4 Å². The number of benzene rings is 2. The van der Waals surface area contributed by atoms with E-state index in [-0.39, 0.29) is 40.1 Å². The second kappa shape index (κ2) is 9.49. The highest BCUT2D eigenvalue weighted by Gasteiger charge is 2.35. The van der Waals surface area contributed by atoms with Crippen LogP contribution in [0.4, 0.5) is 13.2 Å². The maximum absolute atomic E-state index is 14.8. The SMILES string of the molecule is CC(C)n1c(=O)n(-c2cc(OC(F)F)ccc2F)c2ccc(C(=O)NC3(C)CCS(O)(O)CC3)cc21. The largest absolute Gasteiger partial charge is 0.435 e. The Labute approximate surface area is 207 Å². The van der Waals surface area contributed by atoms with Gasteiger partial charge >= 0.3 is 12.3 Å². The van der Waals surface area contributed by atoms with Crippen molar-refractivity contribution in [2.75, 3.05) is 11.5 Å². The predicted octanol–water partition coefficient (Wildman–Crippen LogP) is 5.15. The molecule has 2 heterocycles. The van der Waals surface area contributed by atoms with E-state index in [4.69, 9.17) is 0 Å². The van der Waals surface area contributed by atoms with E-state index in [1.807, 2.05) is 6.92 Å². The van der Waals surface area contributed by atoms with Crippen molar-refractivity contribution in [2.45, 2.75) is 51.8 Å². The van der Waals surface area contributed by atoms with Crippen LogP contribution in [0.2, 0.25) is 0 Å². The predicted molar refractivity (Wildman–Crippen MR) is 132 cm³/mol. The van der Waals surface area contributed by atoms with Crippen LogP contribution in [0, 0.1) is 5.82 Å². The summed E-state index contributed by atoms with van der Waals surface area (Å²) in [6.07, 6.45) is 0.819. The highest BCUT2D eigenvalue weighted by Crippen LogP contribution is 2.46. The Bertz CT molecular complexity index is 1360. The number of nitrogens with one attached hydrogen (secondary N) is 1. The Morgan fingerprint density at radius 2 is 1.78 bits per heavy atom. The van der Waals surface area contributed by atoms with Gasteiger partial charge in [0.2, 0.25) is 0 Å². The van der Waals surface area contributed by atoms with Gasteiger partial charge in [0.15, 0.2) is 0 Å². The zero-order chi connectivity index (χ0) is 26.4. The lowest BCUT2D eigenvalue weighted by Crippen LogP contribution is -2.50. The van der Waals surface area contributed by atoms with Crippen molar-refractivity contribution in [3.63, 3.8) is 0 Å².